The van der Waals surface area contributed by atoms with Crippen LogP contribution >= 0.6 is 11.3 Å². The van der Waals surface area contributed by atoms with Gasteiger partial charge in [0.2, 0.25) is 0 Å². The first-order chi connectivity index (χ1) is 8.25. The van der Waals surface area contributed by atoms with Crippen LogP contribution in [0.1, 0.15) is 10.4 Å². The molecule has 2 nitrogen and oxygen atoms in total. The maximum absolute atomic E-state index is 11.7. The third-order valence-electron chi connectivity index (χ3n) is 2.37. The predicted molar refractivity (Wildman–Crippen MR) is 72.9 cm³/mol. The van der Waals surface area contributed by atoms with E-state index in [1.807, 2.05) is 41.8 Å². The van der Waals surface area contributed by atoms with Crippen LogP contribution in [0.25, 0.3) is 6.08 Å². The van der Waals surface area contributed by atoms with Gasteiger partial charge in [0, 0.05) is 17.0 Å². The summed E-state index contributed by atoms with van der Waals surface area (Å²) in [5.41, 5.74) is 7.35. The number of rotatable bonds is 4. The molecule has 0 radical (unpaired) electrons. The highest BCUT2D eigenvalue weighted by Gasteiger charge is 2.00. The van der Waals surface area contributed by atoms with Gasteiger partial charge in [-0.2, -0.15) is 0 Å². The first-order valence-corrected chi connectivity index (χ1v) is 6.21. The Morgan fingerprint density at radius 3 is 2.76 bits per heavy atom. The van der Waals surface area contributed by atoms with Crippen molar-refractivity contribution < 1.29 is 4.79 Å². The molecule has 3 heteroatoms. The summed E-state index contributed by atoms with van der Waals surface area (Å²) in [7, 11) is 0. The summed E-state index contributed by atoms with van der Waals surface area (Å²) in [6.07, 6.45) is 3.82. The fraction of sp³-hybridized carbons (Fsp3) is 0.0714. The normalized spacial score (nSPS) is 10.8. The molecule has 0 atom stereocenters. The molecule has 2 aromatic rings. The Labute approximate surface area is 104 Å². The van der Waals surface area contributed by atoms with Crippen molar-refractivity contribution in [3.63, 3.8) is 0 Å². The molecular formula is C14H13NOS. The lowest BCUT2D eigenvalue weighted by Gasteiger charge is -1.98. The molecule has 0 bridgehead atoms. The zero-order valence-electron chi connectivity index (χ0n) is 9.30. The Morgan fingerprint density at radius 1 is 1.24 bits per heavy atom. The molecule has 0 amide bonds. The topological polar surface area (TPSA) is 43.1 Å². The molecular weight excluding hydrogens is 230 g/mol. The average molecular weight is 243 g/mol. The number of anilines is 1. The summed E-state index contributed by atoms with van der Waals surface area (Å²) in [5, 5.41) is 1.97. The van der Waals surface area contributed by atoms with Crippen LogP contribution in [0.2, 0.25) is 0 Å². The third-order valence-corrected chi connectivity index (χ3v) is 3.25. The molecule has 0 saturated carbocycles. The molecule has 1 aromatic heterocycles. The highest BCUT2D eigenvalue weighted by molar-refractivity contribution is 7.10. The molecule has 2 rings (SSSR count). The Hall–Kier alpha value is -1.87. The van der Waals surface area contributed by atoms with Gasteiger partial charge in [-0.25, -0.2) is 0 Å². The van der Waals surface area contributed by atoms with E-state index in [2.05, 4.69) is 0 Å². The summed E-state index contributed by atoms with van der Waals surface area (Å²) < 4.78 is 0. The van der Waals surface area contributed by atoms with Crippen LogP contribution in [0.4, 0.5) is 5.69 Å². The SMILES string of the molecule is Nc1ccccc1/C=C/C(=O)Cc1cccs1. The fourth-order valence-electron chi connectivity index (χ4n) is 1.49. The average Bonchev–Trinajstić information content (AvgIpc) is 2.81. The zero-order chi connectivity index (χ0) is 12.1. The molecule has 0 unspecified atom stereocenters. The van der Waals surface area contributed by atoms with E-state index >= 15 is 0 Å². The second-order valence-corrected chi connectivity index (χ2v) is 4.72. The van der Waals surface area contributed by atoms with E-state index in [0.717, 1.165) is 10.4 Å². The van der Waals surface area contributed by atoms with Crippen molar-refractivity contribution in [2.45, 2.75) is 6.42 Å². The lowest BCUT2D eigenvalue weighted by atomic mass is 10.1. The Bertz CT molecular complexity index is 529. The molecule has 1 heterocycles. The van der Waals surface area contributed by atoms with E-state index in [-0.39, 0.29) is 5.78 Å². The number of carbonyl (C=O) groups excluding carboxylic acids is 1. The summed E-state index contributed by atoms with van der Waals surface area (Å²) >= 11 is 1.60. The highest BCUT2D eigenvalue weighted by atomic mass is 32.1. The number of hydrogen-bond donors (Lipinski definition) is 1. The molecule has 0 aliphatic carbocycles. The Morgan fingerprint density at radius 2 is 2.06 bits per heavy atom. The smallest absolute Gasteiger partial charge is 0.160 e. The number of para-hydroxylation sites is 1. The highest BCUT2D eigenvalue weighted by Crippen LogP contribution is 2.13. The third kappa shape index (κ3) is 3.29. The second-order valence-electron chi connectivity index (χ2n) is 3.68. The predicted octanol–water partition coefficient (Wildman–Crippen LogP) is 3.16. The minimum Gasteiger partial charge on any atom is -0.398 e. The number of benzene rings is 1. The molecule has 0 saturated heterocycles. The van der Waals surface area contributed by atoms with Gasteiger partial charge in [-0.05, 0) is 35.2 Å². The number of allylic oxidation sites excluding steroid dienone is 1. The number of hydrogen-bond acceptors (Lipinski definition) is 3. The molecule has 0 fully saturated rings. The van der Waals surface area contributed by atoms with Gasteiger partial charge < -0.3 is 5.73 Å². The second kappa shape index (κ2) is 5.46. The van der Waals surface area contributed by atoms with Crippen molar-refractivity contribution in [2.24, 2.45) is 0 Å². The molecule has 1 aromatic carbocycles. The minimum atomic E-state index is 0.0932. The van der Waals surface area contributed by atoms with Crippen molar-refractivity contribution in [1.82, 2.24) is 0 Å². The lowest BCUT2D eigenvalue weighted by Crippen LogP contribution is -1.96. The molecule has 0 aliphatic heterocycles. The van der Waals surface area contributed by atoms with Gasteiger partial charge in [-0.3, -0.25) is 4.79 Å². The largest absolute Gasteiger partial charge is 0.398 e. The molecule has 2 N–H and O–H groups in total. The summed E-state index contributed by atoms with van der Waals surface area (Å²) in [5.74, 6) is 0.0932. The number of thiophene rings is 1. The van der Waals surface area contributed by atoms with Gasteiger partial charge in [0.1, 0.15) is 0 Å². The standard InChI is InChI=1S/C14H13NOS/c15-14-6-2-1-4-11(14)7-8-12(16)10-13-5-3-9-17-13/h1-9H,10,15H2/b8-7+. The first-order valence-electron chi connectivity index (χ1n) is 5.33. The fourth-order valence-corrected chi connectivity index (χ4v) is 2.20. The van der Waals surface area contributed by atoms with Gasteiger partial charge >= 0.3 is 0 Å². The van der Waals surface area contributed by atoms with Crippen LogP contribution in [-0.4, -0.2) is 5.78 Å². The van der Waals surface area contributed by atoms with E-state index in [1.54, 1.807) is 23.5 Å². The number of carbonyl (C=O) groups is 1. The van der Waals surface area contributed by atoms with E-state index in [1.165, 1.54) is 0 Å². The molecule has 0 aliphatic rings. The van der Waals surface area contributed by atoms with Crippen molar-refractivity contribution in [2.75, 3.05) is 5.73 Å². The van der Waals surface area contributed by atoms with Crippen LogP contribution in [-0.2, 0) is 11.2 Å². The van der Waals surface area contributed by atoms with Crippen LogP contribution in [0.3, 0.4) is 0 Å². The lowest BCUT2D eigenvalue weighted by molar-refractivity contribution is -0.113. The van der Waals surface area contributed by atoms with Crippen LogP contribution in [0.15, 0.2) is 47.9 Å². The minimum absolute atomic E-state index is 0.0932. The summed E-state index contributed by atoms with van der Waals surface area (Å²) in [4.78, 5) is 12.8. The van der Waals surface area contributed by atoms with Crippen LogP contribution in [0.5, 0.6) is 0 Å². The molecule has 0 spiro atoms. The van der Waals surface area contributed by atoms with Crippen molar-refractivity contribution in [3.8, 4) is 0 Å². The Kier molecular flexibility index (Phi) is 3.73. The maximum Gasteiger partial charge on any atom is 0.160 e. The van der Waals surface area contributed by atoms with Gasteiger partial charge in [-0.1, -0.05) is 24.3 Å². The van der Waals surface area contributed by atoms with E-state index < -0.39 is 0 Å². The van der Waals surface area contributed by atoms with Gasteiger partial charge in [0.25, 0.3) is 0 Å². The maximum atomic E-state index is 11.7. The molecule has 17 heavy (non-hydrogen) atoms. The quantitative estimate of drug-likeness (QED) is 0.662. The van der Waals surface area contributed by atoms with Gasteiger partial charge in [0.15, 0.2) is 5.78 Å². The van der Waals surface area contributed by atoms with Crippen molar-refractivity contribution in [1.29, 1.82) is 0 Å². The summed E-state index contributed by atoms with van der Waals surface area (Å²) in [6.45, 7) is 0. The Balaban J connectivity index is 2.01. The van der Waals surface area contributed by atoms with E-state index in [9.17, 15) is 4.79 Å². The van der Waals surface area contributed by atoms with Gasteiger partial charge in [-0.15, -0.1) is 11.3 Å². The van der Waals surface area contributed by atoms with Crippen molar-refractivity contribution >= 4 is 28.9 Å². The van der Waals surface area contributed by atoms with Crippen LogP contribution in [0, 0.1) is 0 Å². The zero-order valence-corrected chi connectivity index (χ0v) is 10.1. The monoisotopic (exact) mass is 243 g/mol. The number of nitrogens with two attached hydrogens (primary N) is 1. The number of nitrogen functional groups attached to an aromatic ring is 1. The van der Waals surface area contributed by atoms with E-state index in [4.69, 9.17) is 5.73 Å². The summed E-state index contributed by atoms with van der Waals surface area (Å²) in [6, 6.07) is 11.4. The van der Waals surface area contributed by atoms with Crippen LogP contribution < -0.4 is 5.73 Å². The van der Waals surface area contributed by atoms with Gasteiger partial charge in [0.05, 0.1) is 0 Å². The van der Waals surface area contributed by atoms with E-state index in [0.29, 0.717) is 12.1 Å². The molecule has 86 valence electrons. The number of ketones is 1. The van der Waals surface area contributed by atoms with Crippen molar-refractivity contribution in [3.05, 3.63) is 58.3 Å². The first kappa shape index (κ1) is 11.6.